The van der Waals surface area contributed by atoms with Crippen molar-refractivity contribution in [3.8, 4) is 11.6 Å². The number of hydrogen-bond donors (Lipinski definition) is 2. The number of H-pyrrole nitrogens is 1. The van der Waals surface area contributed by atoms with Crippen molar-refractivity contribution >= 4 is 17.0 Å². The Morgan fingerprint density at radius 3 is 3.00 bits per heavy atom. The minimum atomic E-state index is -1.05. The van der Waals surface area contributed by atoms with Gasteiger partial charge in [-0.2, -0.15) is 0 Å². The maximum Gasteiger partial charge on any atom is 0.407 e. The van der Waals surface area contributed by atoms with Crippen LogP contribution in [0.1, 0.15) is 17.0 Å². The number of amides is 1. The summed E-state index contributed by atoms with van der Waals surface area (Å²) >= 11 is 0. The largest absolute Gasteiger partial charge is 0.465 e. The molecule has 1 aliphatic heterocycles. The summed E-state index contributed by atoms with van der Waals surface area (Å²) in [6.45, 7) is 2.13. The van der Waals surface area contributed by atoms with Crippen LogP contribution in [-0.4, -0.2) is 31.1 Å². The molecule has 1 amide bonds. The van der Waals surface area contributed by atoms with Crippen LogP contribution in [0, 0.1) is 12.7 Å². The van der Waals surface area contributed by atoms with Crippen LogP contribution in [0.3, 0.4) is 0 Å². The molecule has 0 unspecified atom stereocenters. The van der Waals surface area contributed by atoms with Gasteiger partial charge < -0.3 is 14.8 Å². The maximum absolute atomic E-state index is 14.6. The standard InChI is InChI=1S/C16H13FN4O3/c1-8-4-9-11(20-8)2-3-13(14(9)17)24-15-10-5-21(16(22)23)6-12(10)18-7-19-15/h2-4,7,20H,5-6H2,1H3,(H,22,23). The maximum atomic E-state index is 14.6. The fourth-order valence-electron chi connectivity index (χ4n) is 2.85. The van der Waals surface area contributed by atoms with Crippen LogP contribution in [-0.2, 0) is 13.1 Å². The molecule has 4 rings (SSSR count). The lowest BCUT2D eigenvalue weighted by molar-refractivity contribution is 0.144. The monoisotopic (exact) mass is 328 g/mol. The van der Waals surface area contributed by atoms with Gasteiger partial charge in [0, 0.05) is 16.6 Å². The number of ether oxygens (including phenoxy) is 1. The van der Waals surface area contributed by atoms with Crippen molar-refractivity contribution in [2.24, 2.45) is 0 Å². The van der Waals surface area contributed by atoms with Crippen LogP contribution in [0.4, 0.5) is 9.18 Å². The number of benzene rings is 1. The van der Waals surface area contributed by atoms with E-state index in [-0.39, 0.29) is 24.7 Å². The zero-order valence-electron chi connectivity index (χ0n) is 12.7. The first-order valence-corrected chi connectivity index (χ1v) is 7.29. The smallest absolute Gasteiger partial charge is 0.407 e. The van der Waals surface area contributed by atoms with E-state index in [0.29, 0.717) is 22.2 Å². The third-order valence-electron chi connectivity index (χ3n) is 4.00. The molecule has 0 aliphatic carbocycles. The Labute approximate surface area is 135 Å². The first kappa shape index (κ1) is 14.4. The fraction of sp³-hybridized carbons (Fsp3) is 0.188. The predicted molar refractivity (Wildman–Crippen MR) is 82.4 cm³/mol. The van der Waals surface area contributed by atoms with Crippen molar-refractivity contribution in [3.63, 3.8) is 0 Å². The summed E-state index contributed by atoms with van der Waals surface area (Å²) in [4.78, 5) is 23.5. The predicted octanol–water partition coefficient (Wildman–Crippen LogP) is 3.19. The molecule has 1 aliphatic rings. The van der Waals surface area contributed by atoms with E-state index in [1.54, 1.807) is 12.1 Å². The molecule has 8 heteroatoms. The quantitative estimate of drug-likeness (QED) is 0.754. The number of aryl methyl sites for hydroxylation is 1. The van der Waals surface area contributed by atoms with E-state index >= 15 is 0 Å². The highest BCUT2D eigenvalue weighted by atomic mass is 19.1. The van der Waals surface area contributed by atoms with Crippen LogP contribution < -0.4 is 4.74 Å². The summed E-state index contributed by atoms with van der Waals surface area (Å²) in [5.41, 5.74) is 2.66. The molecule has 2 aromatic heterocycles. The lowest BCUT2D eigenvalue weighted by Crippen LogP contribution is -2.22. The summed E-state index contributed by atoms with van der Waals surface area (Å²) < 4.78 is 20.3. The van der Waals surface area contributed by atoms with E-state index in [1.165, 1.54) is 17.3 Å². The van der Waals surface area contributed by atoms with Gasteiger partial charge in [-0.25, -0.2) is 19.2 Å². The topological polar surface area (TPSA) is 91.3 Å². The van der Waals surface area contributed by atoms with Crippen LogP contribution in [0.5, 0.6) is 11.6 Å². The molecule has 0 bridgehead atoms. The number of hydrogen-bond acceptors (Lipinski definition) is 4. The van der Waals surface area contributed by atoms with E-state index in [1.807, 2.05) is 6.92 Å². The van der Waals surface area contributed by atoms with Gasteiger partial charge in [0.15, 0.2) is 11.6 Å². The number of aromatic amines is 1. The molecule has 0 radical (unpaired) electrons. The van der Waals surface area contributed by atoms with Crippen molar-refractivity contribution < 1.29 is 19.0 Å². The summed E-state index contributed by atoms with van der Waals surface area (Å²) in [5.74, 6) is -0.275. The second kappa shape index (κ2) is 5.19. The molecule has 1 aromatic carbocycles. The van der Waals surface area contributed by atoms with E-state index in [9.17, 15) is 9.18 Å². The Kier molecular flexibility index (Phi) is 3.12. The number of nitrogens with one attached hydrogen (secondary N) is 1. The number of carboxylic acid groups (broad SMARTS) is 1. The van der Waals surface area contributed by atoms with Crippen LogP contribution >= 0.6 is 0 Å². The van der Waals surface area contributed by atoms with Gasteiger partial charge >= 0.3 is 6.09 Å². The zero-order chi connectivity index (χ0) is 16.8. The number of aromatic nitrogens is 3. The molecular formula is C16H13FN4O3. The second-order valence-electron chi connectivity index (χ2n) is 5.64. The number of halogens is 1. The first-order chi connectivity index (χ1) is 11.5. The van der Waals surface area contributed by atoms with Crippen molar-refractivity contribution in [1.29, 1.82) is 0 Å². The van der Waals surface area contributed by atoms with Gasteiger partial charge in [-0.15, -0.1) is 0 Å². The lowest BCUT2D eigenvalue weighted by Gasteiger charge is -2.10. The van der Waals surface area contributed by atoms with E-state index in [4.69, 9.17) is 9.84 Å². The van der Waals surface area contributed by atoms with E-state index < -0.39 is 11.9 Å². The van der Waals surface area contributed by atoms with Gasteiger partial charge in [-0.1, -0.05) is 0 Å². The minimum Gasteiger partial charge on any atom is -0.465 e. The van der Waals surface area contributed by atoms with Gasteiger partial charge in [-0.3, -0.25) is 4.90 Å². The SMILES string of the molecule is Cc1cc2c(F)c(Oc3ncnc4c3CN(C(=O)O)C4)ccc2[nH]1. The van der Waals surface area contributed by atoms with E-state index in [0.717, 1.165) is 5.69 Å². The second-order valence-corrected chi connectivity index (χ2v) is 5.64. The van der Waals surface area contributed by atoms with Crippen molar-refractivity contribution in [2.45, 2.75) is 20.0 Å². The van der Waals surface area contributed by atoms with E-state index in [2.05, 4.69) is 15.0 Å². The molecule has 3 aromatic rings. The van der Waals surface area contributed by atoms with Crippen molar-refractivity contribution in [1.82, 2.24) is 19.9 Å². The average Bonchev–Trinajstić information content (AvgIpc) is 3.14. The molecular weight excluding hydrogens is 315 g/mol. The molecule has 0 spiro atoms. The van der Waals surface area contributed by atoms with Crippen molar-refractivity contribution in [3.05, 3.63) is 47.3 Å². The average molecular weight is 328 g/mol. The minimum absolute atomic E-state index is 0.0381. The number of fused-ring (bicyclic) bond motifs is 2. The summed E-state index contributed by atoms with van der Waals surface area (Å²) in [7, 11) is 0. The zero-order valence-corrected chi connectivity index (χ0v) is 12.7. The van der Waals surface area contributed by atoms with Crippen LogP contribution in [0.2, 0.25) is 0 Å². The van der Waals surface area contributed by atoms with Crippen molar-refractivity contribution in [2.75, 3.05) is 0 Å². The Morgan fingerprint density at radius 1 is 1.38 bits per heavy atom. The van der Waals surface area contributed by atoms with Crippen LogP contribution in [0.15, 0.2) is 24.5 Å². The highest BCUT2D eigenvalue weighted by Gasteiger charge is 2.28. The fourth-order valence-corrected chi connectivity index (χ4v) is 2.85. The normalized spacial score (nSPS) is 13.3. The number of nitrogens with zero attached hydrogens (tertiary/aromatic N) is 3. The molecule has 0 saturated carbocycles. The molecule has 7 nitrogen and oxygen atoms in total. The number of carbonyl (C=O) groups is 1. The van der Waals surface area contributed by atoms with Gasteiger partial charge in [0.2, 0.25) is 5.88 Å². The molecule has 3 heterocycles. The molecule has 122 valence electrons. The molecule has 2 N–H and O–H groups in total. The Bertz CT molecular complexity index is 969. The third kappa shape index (κ3) is 2.23. The summed E-state index contributed by atoms with van der Waals surface area (Å²) in [6.07, 6.45) is 0.241. The molecule has 24 heavy (non-hydrogen) atoms. The Balaban J connectivity index is 1.72. The van der Waals surface area contributed by atoms with Crippen LogP contribution in [0.25, 0.3) is 10.9 Å². The summed E-state index contributed by atoms with van der Waals surface area (Å²) in [5, 5.41) is 9.54. The Hall–Kier alpha value is -3.16. The van der Waals surface area contributed by atoms with Gasteiger partial charge in [0.05, 0.1) is 24.3 Å². The molecule has 0 saturated heterocycles. The van der Waals surface area contributed by atoms with Gasteiger partial charge in [0.25, 0.3) is 0 Å². The van der Waals surface area contributed by atoms with Gasteiger partial charge in [0.1, 0.15) is 6.33 Å². The highest BCUT2D eigenvalue weighted by Crippen LogP contribution is 2.34. The third-order valence-corrected chi connectivity index (χ3v) is 4.00. The lowest BCUT2D eigenvalue weighted by atomic mass is 10.2. The molecule has 0 atom stereocenters. The summed E-state index contributed by atoms with van der Waals surface area (Å²) in [6, 6.07) is 4.95. The Morgan fingerprint density at radius 2 is 2.21 bits per heavy atom. The first-order valence-electron chi connectivity index (χ1n) is 7.29. The van der Waals surface area contributed by atoms with Gasteiger partial charge in [-0.05, 0) is 25.1 Å². The number of rotatable bonds is 2. The highest BCUT2D eigenvalue weighted by molar-refractivity contribution is 5.82. The molecule has 0 fully saturated rings.